The lowest BCUT2D eigenvalue weighted by Gasteiger charge is -2.15. The molecular weight excluding hydrogens is 282 g/mol. The minimum absolute atomic E-state index is 0.164. The van der Waals surface area contributed by atoms with Gasteiger partial charge in [-0.05, 0) is 24.3 Å². The van der Waals surface area contributed by atoms with Crippen molar-refractivity contribution in [2.24, 2.45) is 5.84 Å². The summed E-state index contributed by atoms with van der Waals surface area (Å²) in [4.78, 5) is 10.9. The Labute approximate surface area is 117 Å². The summed E-state index contributed by atoms with van der Waals surface area (Å²) in [7, 11) is 0. The molecule has 21 heavy (non-hydrogen) atoms. The zero-order valence-corrected chi connectivity index (χ0v) is 10.6. The van der Waals surface area contributed by atoms with Gasteiger partial charge in [-0.3, -0.25) is 10.2 Å². The molecule has 0 bridgehead atoms. The number of carbonyl (C=O) groups is 1. The molecule has 0 atom stereocenters. The van der Waals surface area contributed by atoms with Crippen LogP contribution in [-0.4, -0.2) is 12.0 Å². The molecule has 0 aliphatic rings. The van der Waals surface area contributed by atoms with E-state index < -0.39 is 12.0 Å². The fourth-order valence-corrected chi connectivity index (χ4v) is 2.05. The molecule has 0 fully saturated rings. The number of nitrogens with two attached hydrogens (primary N) is 1. The molecule has 108 valence electrons. The maximum absolute atomic E-state index is 13.4. The van der Waals surface area contributed by atoms with E-state index in [-0.39, 0.29) is 5.75 Å². The van der Waals surface area contributed by atoms with Gasteiger partial charge in [0.05, 0.1) is 0 Å². The molecule has 3 rings (SSSR count). The first-order chi connectivity index (χ1) is 10.0. The molecule has 7 heteroatoms. The number of carbonyl (C=O) groups excluding carboxylic acids is 1. The lowest BCUT2D eigenvalue weighted by molar-refractivity contribution is -0.192. The highest BCUT2D eigenvalue weighted by Gasteiger charge is 2.41. The standard InChI is InChI=1S/C14H10F2N2O3/c15-14(16,13(19)18-17)21-8-5-6-12-10(7-8)9-3-1-2-4-11(9)20-12/h1-7H,17H2,(H,18,19). The Hall–Kier alpha value is -2.67. The molecule has 5 nitrogen and oxygen atoms in total. The molecule has 0 radical (unpaired) electrons. The van der Waals surface area contributed by atoms with E-state index in [9.17, 15) is 13.6 Å². The highest BCUT2D eigenvalue weighted by molar-refractivity contribution is 6.05. The molecular formula is C14H10F2N2O3. The van der Waals surface area contributed by atoms with Crippen molar-refractivity contribution in [1.29, 1.82) is 0 Å². The van der Waals surface area contributed by atoms with Gasteiger partial charge in [0.2, 0.25) is 0 Å². The van der Waals surface area contributed by atoms with Crippen LogP contribution in [0.2, 0.25) is 0 Å². The smallest absolute Gasteiger partial charge is 0.456 e. The number of furan rings is 1. The highest BCUT2D eigenvalue weighted by atomic mass is 19.3. The number of hydrogen-bond donors (Lipinski definition) is 2. The largest absolute Gasteiger partial charge is 0.483 e. The summed E-state index contributed by atoms with van der Waals surface area (Å²) in [5.74, 6) is 2.80. The second kappa shape index (κ2) is 4.71. The van der Waals surface area contributed by atoms with Gasteiger partial charge in [-0.25, -0.2) is 5.84 Å². The maximum Gasteiger partial charge on any atom is 0.483 e. The Morgan fingerprint density at radius 1 is 1.14 bits per heavy atom. The van der Waals surface area contributed by atoms with Gasteiger partial charge in [0.15, 0.2) is 0 Å². The van der Waals surface area contributed by atoms with Crippen molar-refractivity contribution in [3.8, 4) is 5.75 Å². The van der Waals surface area contributed by atoms with Gasteiger partial charge >= 0.3 is 12.0 Å². The summed E-state index contributed by atoms with van der Waals surface area (Å²) in [6.07, 6.45) is -4.05. The average Bonchev–Trinajstić information content (AvgIpc) is 2.84. The molecule has 0 saturated carbocycles. The molecule has 1 amide bonds. The Kier molecular flexibility index (Phi) is 2.99. The summed E-state index contributed by atoms with van der Waals surface area (Å²) in [5, 5.41) is 1.39. The van der Waals surface area contributed by atoms with Crippen molar-refractivity contribution in [2.45, 2.75) is 6.11 Å². The molecule has 3 aromatic rings. The van der Waals surface area contributed by atoms with E-state index in [1.165, 1.54) is 23.6 Å². The minimum atomic E-state index is -4.05. The van der Waals surface area contributed by atoms with Gasteiger partial charge in [0.1, 0.15) is 16.9 Å². The fraction of sp³-hybridized carbons (Fsp3) is 0.0714. The van der Waals surface area contributed by atoms with Gasteiger partial charge < -0.3 is 9.15 Å². The van der Waals surface area contributed by atoms with E-state index in [2.05, 4.69) is 10.6 Å². The normalized spacial score (nSPS) is 11.8. The van der Waals surface area contributed by atoms with E-state index >= 15 is 0 Å². The summed E-state index contributed by atoms with van der Waals surface area (Å²) < 4.78 is 36.8. The van der Waals surface area contributed by atoms with Crippen molar-refractivity contribution < 1.29 is 22.7 Å². The molecule has 0 aliphatic carbocycles. The van der Waals surface area contributed by atoms with Crippen LogP contribution in [0.5, 0.6) is 5.75 Å². The Balaban J connectivity index is 2.05. The lowest BCUT2D eigenvalue weighted by atomic mass is 10.1. The van der Waals surface area contributed by atoms with E-state index in [4.69, 9.17) is 4.42 Å². The van der Waals surface area contributed by atoms with Crippen LogP contribution in [0.3, 0.4) is 0 Å². The SMILES string of the molecule is NNC(=O)C(F)(F)Oc1ccc2oc3ccccc3c2c1. The van der Waals surface area contributed by atoms with Crippen molar-refractivity contribution in [2.75, 3.05) is 0 Å². The molecule has 0 aliphatic heterocycles. The van der Waals surface area contributed by atoms with Crippen LogP contribution >= 0.6 is 0 Å². The third kappa shape index (κ3) is 2.27. The number of rotatable bonds is 3. The number of halogens is 2. The number of alkyl halides is 2. The summed E-state index contributed by atoms with van der Waals surface area (Å²) in [6, 6.07) is 11.4. The summed E-state index contributed by atoms with van der Waals surface area (Å²) in [6.45, 7) is 0. The van der Waals surface area contributed by atoms with Gasteiger partial charge in [-0.2, -0.15) is 8.78 Å². The number of ether oxygens (including phenoxy) is 1. The number of benzene rings is 2. The minimum Gasteiger partial charge on any atom is -0.456 e. The van der Waals surface area contributed by atoms with Crippen LogP contribution in [0, 0.1) is 0 Å². The first kappa shape index (κ1) is 13.3. The van der Waals surface area contributed by atoms with E-state index in [0.717, 1.165) is 5.39 Å². The quantitative estimate of drug-likeness (QED) is 0.442. The Morgan fingerprint density at radius 2 is 1.86 bits per heavy atom. The molecule has 1 heterocycles. The maximum atomic E-state index is 13.4. The number of hydrazine groups is 1. The zero-order chi connectivity index (χ0) is 15.0. The van der Waals surface area contributed by atoms with Crippen molar-refractivity contribution in [3.05, 3.63) is 42.5 Å². The van der Waals surface area contributed by atoms with Crippen molar-refractivity contribution >= 4 is 27.8 Å². The fourth-order valence-electron chi connectivity index (χ4n) is 2.05. The monoisotopic (exact) mass is 292 g/mol. The topological polar surface area (TPSA) is 77.5 Å². The second-order valence-corrected chi connectivity index (χ2v) is 4.35. The number of hydrogen-bond acceptors (Lipinski definition) is 4. The molecule has 0 saturated heterocycles. The van der Waals surface area contributed by atoms with Crippen LogP contribution in [0.15, 0.2) is 46.9 Å². The van der Waals surface area contributed by atoms with Crippen LogP contribution in [0.4, 0.5) is 8.78 Å². The van der Waals surface area contributed by atoms with Gasteiger partial charge in [-0.1, -0.05) is 18.2 Å². The number of para-hydroxylation sites is 1. The average molecular weight is 292 g/mol. The molecule has 0 unspecified atom stereocenters. The lowest BCUT2D eigenvalue weighted by Crippen LogP contribution is -2.47. The van der Waals surface area contributed by atoms with E-state index in [1.54, 1.807) is 18.2 Å². The highest BCUT2D eigenvalue weighted by Crippen LogP contribution is 2.32. The van der Waals surface area contributed by atoms with Crippen molar-refractivity contribution in [3.63, 3.8) is 0 Å². The molecule has 0 spiro atoms. The predicted molar refractivity (Wildman–Crippen MR) is 71.6 cm³/mol. The number of amides is 1. The predicted octanol–water partition coefficient (Wildman–Crippen LogP) is 2.55. The molecule has 1 aromatic heterocycles. The van der Waals surface area contributed by atoms with Crippen molar-refractivity contribution in [1.82, 2.24) is 5.43 Å². The van der Waals surface area contributed by atoms with Crippen LogP contribution < -0.4 is 16.0 Å². The molecule has 3 N–H and O–H groups in total. The van der Waals surface area contributed by atoms with Crippen LogP contribution in [-0.2, 0) is 4.79 Å². The van der Waals surface area contributed by atoms with Crippen LogP contribution in [0.1, 0.15) is 0 Å². The number of fused-ring (bicyclic) bond motifs is 3. The summed E-state index contributed by atoms with van der Waals surface area (Å²) >= 11 is 0. The number of nitrogens with one attached hydrogen (secondary N) is 1. The van der Waals surface area contributed by atoms with Gasteiger partial charge in [-0.15, -0.1) is 0 Å². The summed E-state index contributed by atoms with van der Waals surface area (Å²) in [5.41, 5.74) is 2.53. The molecule has 2 aromatic carbocycles. The van der Waals surface area contributed by atoms with E-state index in [0.29, 0.717) is 16.6 Å². The van der Waals surface area contributed by atoms with E-state index in [1.807, 2.05) is 6.07 Å². The third-order valence-electron chi connectivity index (χ3n) is 2.99. The van der Waals surface area contributed by atoms with Crippen LogP contribution in [0.25, 0.3) is 21.9 Å². The van der Waals surface area contributed by atoms with Gasteiger partial charge in [0.25, 0.3) is 0 Å². The Bertz CT molecular complexity index is 829. The van der Waals surface area contributed by atoms with Gasteiger partial charge in [0, 0.05) is 10.8 Å². The Morgan fingerprint density at radius 3 is 2.62 bits per heavy atom. The first-order valence-corrected chi connectivity index (χ1v) is 6.00. The zero-order valence-electron chi connectivity index (χ0n) is 10.6. The second-order valence-electron chi connectivity index (χ2n) is 4.35. The first-order valence-electron chi connectivity index (χ1n) is 6.00. The third-order valence-corrected chi connectivity index (χ3v) is 2.99.